The smallest absolute Gasteiger partial charge is 0.225 e. The molecule has 1 saturated heterocycles. The van der Waals surface area contributed by atoms with Gasteiger partial charge in [-0.05, 0) is 35.4 Å². The van der Waals surface area contributed by atoms with Crippen molar-refractivity contribution in [2.24, 2.45) is 0 Å². The molecule has 5 heteroatoms. The lowest BCUT2D eigenvalue weighted by molar-refractivity contribution is -0.116. The number of hydrogen-bond acceptors (Lipinski definition) is 4. The molecule has 0 radical (unpaired) electrons. The molecule has 5 nitrogen and oxygen atoms in total. The topological polar surface area (TPSA) is 38.8 Å². The summed E-state index contributed by atoms with van der Waals surface area (Å²) < 4.78 is 0. The Morgan fingerprint density at radius 2 is 1.36 bits per heavy atom. The molecular weight excluding hydrogens is 408 g/mol. The van der Waals surface area contributed by atoms with E-state index in [1.807, 2.05) is 43.3 Å². The first-order chi connectivity index (χ1) is 16.1. The predicted octanol–water partition coefficient (Wildman–Crippen LogP) is 4.49. The lowest BCUT2D eigenvalue weighted by Crippen LogP contribution is -2.48. The van der Waals surface area contributed by atoms with Gasteiger partial charge in [0.2, 0.25) is 5.91 Å². The molecule has 0 spiro atoms. The van der Waals surface area contributed by atoms with Crippen molar-refractivity contribution in [2.75, 3.05) is 57.0 Å². The van der Waals surface area contributed by atoms with Crippen molar-refractivity contribution in [1.82, 2.24) is 9.80 Å². The summed E-state index contributed by atoms with van der Waals surface area (Å²) in [5.74, 6) is 0.0708. The van der Waals surface area contributed by atoms with Crippen molar-refractivity contribution in [3.8, 4) is 0 Å². The van der Waals surface area contributed by atoms with Gasteiger partial charge in [0.1, 0.15) is 0 Å². The molecular formula is C28H34N4O. The first-order valence-electron chi connectivity index (χ1n) is 11.7. The lowest BCUT2D eigenvalue weighted by Gasteiger charge is -2.39. The minimum atomic E-state index is 0.0708. The molecule has 172 valence electrons. The lowest BCUT2D eigenvalue weighted by atomic mass is 9.96. The largest absolute Gasteiger partial charge is 0.378 e. The van der Waals surface area contributed by atoms with Gasteiger partial charge in [0.25, 0.3) is 0 Å². The van der Waals surface area contributed by atoms with Crippen LogP contribution in [0, 0.1) is 0 Å². The zero-order valence-corrected chi connectivity index (χ0v) is 19.7. The first kappa shape index (κ1) is 23.0. The highest BCUT2D eigenvalue weighted by Gasteiger charge is 2.26. The van der Waals surface area contributed by atoms with Gasteiger partial charge in [0, 0.05) is 64.6 Å². The van der Waals surface area contributed by atoms with Gasteiger partial charge in [-0.3, -0.25) is 9.69 Å². The average molecular weight is 443 g/mol. The van der Waals surface area contributed by atoms with Gasteiger partial charge in [0.15, 0.2) is 0 Å². The number of carbonyl (C=O) groups excluding carboxylic acids is 1. The fraction of sp³-hybridized carbons (Fsp3) is 0.321. The van der Waals surface area contributed by atoms with Crippen molar-refractivity contribution in [3.05, 3.63) is 96.1 Å². The predicted molar refractivity (Wildman–Crippen MR) is 137 cm³/mol. The van der Waals surface area contributed by atoms with Gasteiger partial charge in [-0.25, -0.2) is 0 Å². The summed E-state index contributed by atoms with van der Waals surface area (Å²) in [6.07, 6.45) is 0.510. The van der Waals surface area contributed by atoms with E-state index in [0.29, 0.717) is 6.42 Å². The number of nitrogens with one attached hydrogen (secondary N) is 1. The van der Waals surface area contributed by atoms with Crippen LogP contribution in [0.3, 0.4) is 0 Å². The highest BCUT2D eigenvalue weighted by molar-refractivity contribution is 5.91. The number of nitrogens with zero attached hydrogens (tertiary/aromatic N) is 3. The zero-order valence-electron chi connectivity index (χ0n) is 19.7. The van der Waals surface area contributed by atoms with E-state index >= 15 is 0 Å². The van der Waals surface area contributed by atoms with Crippen molar-refractivity contribution >= 4 is 17.3 Å². The summed E-state index contributed by atoms with van der Waals surface area (Å²) in [7, 11) is 4.02. The Morgan fingerprint density at radius 3 is 1.88 bits per heavy atom. The van der Waals surface area contributed by atoms with E-state index in [-0.39, 0.29) is 11.9 Å². The maximum absolute atomic E-state index is 12.5. The maximum Gasteiger partial charge on any atom is 0.225 e. The highest BCUT2D eigenvalue weighted by atomic mass is 16.1. The molecule has 0 atom stereocenters. The van der Waals surface area contributed by atoms with Gasteiger partial charge >= 0.3 is 0 Å². The Balaban J connectivity index is 1.29. The van der Waals surface area contributed by atoms with Crippen LogP contribution in [0.5, 0.6) is 0 Å². The van der Waals surface area contributed by atoms with Gasteiger partial charge in [0.05, 0.1) is 6.04 Å². The number of piperazine rings is 1. The van der Waals surface area contributed by atoms with Crippen LogP contribution in [0.1, 0.15) is 23.6 Å². The molecule has 1 aliphatic rings. The monoisotopic (exact) mass is 442 g/mol. The summed E-state index contributed by atoms with van der Waals surface area (Å²) >= 11 is 0. The molecule has 1 amide bonds. The second kappa shape index (κ2) is 11.1. The van der Waals surface area contributed by atoms with Crippen LogP contribution < -0.4 is 10.2 Å². The summed E-state index contributed by atoms with van der Waals surface area (Å²) in [6, 6.07) is 29.7. The second-order valence-electron chi connectivity index (χ2n) is 8.84. The number of rotatable bonds is 8. The normalized spacial score (nSPS) is 14.9. The minimum Gasteiger partial charge on any atom is -0.378 e. The molecule has 3 aromatic rings. The van der Waals surface area contributed by atoms with E-state index in [0.717, 1.165) is 44.1 Å². The maximum atomic E-state index is 12.5. The fourth-order valence-electron chi connectivity index (χ4n) is 4.46. The van der Waals surface area contributed by atoms with E-state index in [1.165, 1.54) is 11.1 Å². The van der Waals surface area contributed by atoms with Gasteiger partial charge in [-0.15, -0.1) is 0 Å². The number of hydrogen-bond donors (Lipinski definition) is 1. The Kier molecular flexibility index (Phi) is 7.76. The zero-order chi connectivity index (χ0) is 23.0. The molecule has 4 rings (SSSR count). The van der Waals surface area contributed by atoms with Gasteiger partial charge in [-0.1, -0.05) is 60.7 Å². The highest BCUT2D eigenvalue weighted by Crippen LogP contribution is 2.29. The number of carbonyl (C=O) groups is 1. The van der Waals surface area contributed by atoms with E-state index in [2.05, 4.69) is 75.8 Å². The third-order valence-corrected chi connectivity index (χ3v) is 6.33. The fourth-order valence-corrected chi connectivity index (χ4v) is 4.46. The van der Waals surface area contributed by atoms with Crippen LogP contribution in [0.25, 0.3) is 0 Å². The van der Waals surface area contributed by atoms with Crippen molar-refractivity contribution in [3.63, 3.8) is 0 Å². The molecule has 1 heterocycles. The minimum absolute atomic E-state index is 0.0708. The number of anilines is 2. The molecule has 1 fully saturated rings. The second-order valence-corrected chi connectivity index (χ2v) is 8.84. The SMILES string of the molecule is CN(C)c1ccc(NC(=O)CCN2CCN(C(c3ccccc3)c3ccccc3)CC2)cc1. The third kappa shape index (κ3) is 6.21. The molecule has 3 aromatic carbocycles. The quantitative estimate of drug-likeness (QED) is 0.558. The first-order valence-corrected chi connectivity index (χ1v) is 11.7. The average Bonchev–Trinajstić information content (AvgIpc) is 2.85. The molecule has 1 aliphatic heterocycles. The van der Waals surface area contributed by atoms with Gasteiger partial charge < -0.3 is 15.1 Å². The van der Waals surface area contributed by atoms with Crippen LogP contribution in [-0.4, -0.2) is 62.5 Å². The van der Waals surface area contributed by atoms with Crippen LogP contribution in [0.4, 0.5) is 11.4 Å². The number of amides is 1. The van der Waals surface area contributed by atoms with Crippen molar-refractivity contribution in [2.45, 2.75) is 12.5 Å². The van der Waals surface area contributed by atoms with Crippen LogP contribution in [-0.2, 0) is 4.79 Å². The van der Waals surface area contributed by atoms with E-state index in [4.69, 9.17) is 0 Å². The molecule has 0 bridgehead atoms. The Labute approximate surface area is 197 Å². The van der Waals surface area contributed by atoms with Crippen LogP contribution in [0.2, 0.25) is 0 Å². The van der Waals surface area contributed by atoms with E-state index in [9.17, 15) is 4.79 Å². The van der Waals surface area contributed by atoms with Gasteiger partial charge in [-0.2, -0.15) is 0 Å². The van der Waals surface area contributed by atoms with Crippen LogP contribution in [0.15, 0.2) is 84.9 Å². The van der Waals surface area contributed by atoms with Crippen molar-refractivity contribution < 1.29 is 4.79 Å². The standard InChI is InChI=1S/C28H34N4O/c1-30(2)26-15-13-25(14-16-26)29-27(33)17-18-31-19-21-32(22-20-31)28(23-9-5-3-6-10-23)24-11-7-4-8-12-24/h3-16,28H,17-22H2,1-2H3,(H,29,33). The van der Waals surface area contributed by atoms with E-state index in [1.54, 1.807) is 0 Å². The molecule has 0 aromatic heterocycles. The van der Waals surface area contributed by atoms with Crippen molar-refractivity contribution in [1.29, 1.82) is 0 Å². The summed E-state index contributed by atoms with van der Waals surface area (Å²) in [4.78, 5) is 19.5. The summed E-state index contributed by atoms with van der Waals surface area (Å²) in [6.45, 7) is 4.71. The molecule has 33 heavy (non-hydrogen) atoms. The third-order valence-electron chi connectivity index (χ3n) is 6.33. The van der Waals surface area contributed by atoms with Crippen LogP contribution >= 0.6 is 0 Å². The molecule has 0 saturated carbocycles. The Bertz CT molecular complexity index is 958. The molecule has 0 aliphatic carbocycles. The Morgan fingerprint density at radius 1 is 0.818 bits per heavy atom. The summed E-state index contributed by atoms with van der Waals surface area (Å²) in [5.41, 5.74) is 4.63. The van der Waals surface area contributed by atoms with E-state index < -0.39 is 0 Å². The Hall–Kier alpha value is -3.15. The summed E-state index contributed by atoms with van der Waals surface area (Å²) in [5, 5.41) is 3.02. The molecule has 0 unspecified atom stereocenters. The molecule has 1 N–H and O–H groups in total. The number of benzene rings is 3.